The molecule has 0 atom stereocenters. The summed E-state index contributed by atoms with van der Waals surface area (Å²) in [5.74, 6) is -0.0659. The maximum absolute atomic E-state index is 14.0. The van der Waals surface area contributed by atoms with Gasteiger partial charge in [-0.05, 0) is 24.3 Å². The van der Waals surface area contributed by atoms with Gasteiger partial charge in [0, 0.05) is 11.8 Å². The summed E-state index contributed by atoms with van der Waals surface area (Å²) in [5.41, 5.74) is 5.49. The first-order valence-electron chi connectivity index (χ1n) is 6.24. The maximum Gasteiger partial charge on any atom is 0.238 e. The van der Waals surface area contributed by atoms with Gasteiger partial charge in [0.2, 0.25) is 5.91 Å². The molecule has 1 amide bonds. The number of halogens is 1. The molecule has 6 heteroatoms. The molecule has 0 spiro atoms. The summed E-state index contributed by atoms with van der Waals surface area (Å²) in [4.78, 5) is 11.1. The van der Waals surface area contributed by atoms with E-state index in [0.29, 0.717) is 17.2 Å². The molecular formula is C15H15FN2O3. The number of rotatable bonds is 5. The van der Waals surface area contributed by atoms with Gasteiger partial charge in [0.1, 0.15) is 0 Å². The summed E-state index contributed by atoms with van der Waals surface area (Å²) in [5, 5.41) is 2.46. The summed E-state index contributed by atoms with van der Waals surface area (Å²) in [6.07, 6.45) is 0. The van der Waals surface area contributed by atoms with Crippen molar-refractivity contribution in [3.8, 4) is 17.2 Å². The third-order valence-corrected chi connectivity index (χ3v) is 2.69. The van der Waals surface area contributed by atoms with E-state index in [2.05, 4.69) is 5.32 Å². The van der Waals surface area contributed by atoms with Gasteiger partial charge >= 0.3 is 0 Å². The first-order valence-corrected chi connectivity index (χ1v) is 6.24. The van der Waals surface area contributed by atoms with Gasteiger partial charge in [0.25, 0.3) is 0 Å². The Morgan fingerprint density at radius 1 is 1.19 bits per heavy atom. The van der Waals surface area contributed by atoms with Crippen molar-refractivity contribution in [2.24, 2.45) is 5.73 Å². The molecule has 0 radical (unpaired) electrons. The van der Waals surface area contributed by atoms with Crippen LogP contribution < -0.4 is 20.5 Å². The lowest BCUT2D eigenvalue weighted by atomic mass is 10.2. The first-order chi connectivity index (χ1) is 10.1. The number of benzene rings is 2. The van der Waals surface area contributed by atoms with Crippen LogP contribution in [0, 0.1) is 5.82 Å². The van der Waals surface area contributed by atoms with E-state index < -0.39 is 11.7 Å². The van der Waals surface area contributed by atoms with Crippen LogP contribution in [0.15, 0.2) is 42.5 Å². The minimum atomic E-state index is -0.601. The summed E-state index contributed by atoms with van der Waals surface area (Å²) in [6, 6.07) is 11.0. The van der Waals surface area contributed by atoms with Crippen LogP contribution in [0.2, 0.25) is 0 Å². The quantitative estimate of drug-likeness (QED) is 0.887. The van der Waals surface area contributed by atoms with Crippen molar-refractivity contribution in [3.05, 3.63) is 48.3 Å². The third-order valence-electron chi connectivity index (χ3n) is 2.69. The van der Waals surface area contributed by atoms with Crippen LogP contribution in [0.1, 0.15) is 0 Å². The van der Waals surface area contributed by atoms with E-state index in [-0.39, 0.29) is 12.3 Å². The van der Waals surface area contributed by atoms with Crippen LogP contribution in [0.4, 0.5) is 10.1 Å². The zero-order valence-corrected chi connectivity index (χ0v) is 11.4. The van der Waals surface area contributed by atoms with Crippen LogP contribution in [0.3, 0.4) is 0 Å². The highest BCUT2D eigenvalue weighted by atomic mass is 19.1. The van der Waals surface area contributed by atoms with E-state index >= 15 is 0 Å². The number of anilines is 1. The topological polar surface area (TPSA) is 73.6 Å². The Labute approximate surface area is 121 Å². The van der Waals surface area contributed by atoms with Crippen LogP contribution >= 0.6 is 0 Å². The fourth-order valence-electron chi connectivity index (χ4n) is 1.69. The van der Waals surface area contributed by atoms with E-state index in [9.17, 15) is 9.18 Å². The molecule has 0 saturated heterocycles. The zero-order chi connectivity index (χ0) is 15.2. The molecular weight excluding hydrogens is 275 g/mol. The van der Waals surface area contributed by atoms with Crippen molar-refractivity contribution >= 4 is 11.6 Å². The Kier molecular flexibility index (Phi) is 4.73. The molecule has 0 bridgehead atoms. The molecule has 21 heavy (non-hydrogen) atoms. The lowest BCUT2D eigenvalue weighted by Crippen LogP contribution is -2.21. The molecule has 0 aliphatic heterocycles. The molecule has 0 aliphatic carbocycles. The highest BCUT2D eigenvalue weighted by molar-refractivity contribution is 5.92. The van der Waals surface area contributed by atoms with Crippen LogP contribution in [0.25, 0.3) is 0 Å². The van der Waals surface area contributed by atoms with Crippen molar-refractivity contribution in [2.45, 2.75) is 0 Å². The molecule has 0 aliphatic rings. The summed E-state index contributed by atoms with van der Waals surface area (Å²) < 4.78 is 24.6. The average molecular weight is 290 g/mol. The van der Waals surface area contributed by atoms with E-state index in [1.54, 1.807) is 24.3 Å². The molecule has 110 valence electrons. The highest BCUT2D eigenvalue weighted by Gasteiger charge is 2.10. The van der Waals surface area contributed by atoms with E-state index in [1.807, 2.05) is 0 Å². The lowest BCUT2D eigenvalue weighted by molar-refractivity contribution is -0.114. The van der Waals surface area contributed by atoms with Crippen LogP contribution in [0.5, 0.6) is 17.2 Å². The number of carbonyl (C=O) groups is 1. The molecule has 0 saturated carbocycles. The van der Waals surface area contributed by atoms with Crippen molar-refractivity contribution in [1.82, 2.24) is 0 Å². The van der Waals surface area contributed by atoms with E-state index in [4.69, 9.17) is 15.2 Å². The second-order valence-corrected chi connectivity index (χ2v) is 4.15. The van der Waals surface area contributed by atoms with Gasteiger partial charge in [-0.25, -0.2) is 4.39 Å². The van der Waals surface area contributed by atoms with Gasteiger partial charge in [-0.15, -0.1) is 0 Å². The number of ether oxygens (including phenoxy) is 2. The Morgan fingerprint density at radius 2 is 1.90 bits per heavy atom. The predicted molar refractivity (Wildman–Crippen MR) is 77.2 cm³/mol. The van der Waals surface area contributed by atoms with Gasteiger partial charge in [0.15, 0.2) is 23.1 Å². The number of nitrogens with two attached hydrogens (primary N) is 1. The molecule has 0 fully saturated rings. The number of hydrogen-bond acceptors (Lipinski definition) is 4. The SMILES string of the molecule is COc1ccccc1Oc1ccc(NC(=O)CN)cc1F. The number of nitrogens with one attached hydrogen (secondary N) is 1. The molecule has 2 aromatic rings. The van der Waals surface area contributed by atoms with Gasteiger partial charge in [-0.2, -0.15) is 0 Å². The Hall–Kier alpha value is -2.60. The minimum Gasteiger partial charge on any atom is -0.493 e. The molecule has 2 rings (SSSR count). The smallest absolute Gasteiger partial charge is 0.238 e. The number of hydrogen-bond donors (Lipinski definition) is 2. The van der Waals surface area contributed by atoms with Gasteiger partial charge in [-0.1, -0.05) is 12.1 Å². The van der Waals surface area contributed by atoms with Crippen molar-refractivity contribution in [2.75, 3.05) is 19.0 Å². The molecule has 0 unspecified atom stereocenters. The molecule has 2 aromatic carbocycles. The Bertz CT molecular complexity index is 647. The van der Waals surface area contributed by atoms with E-state index in [0.717, 1.165) is 6.07 Å². The molecule has 0 aromatic heterocycles. The van der Waals surface area contributed by atoms with Crippen molar-refractivity contribution in [3.63, 3.8) is 0 Å². The number of para-hydroxylation sites is 2. The largest absolute Gasteiger partial charge is 0.493 e. The fourth-order valence-corrected chi connectivity index (χ4v) is 1.69. The third kappa shape index (κ3) is 3.70. The monoisotopic (exact) mass is 290 g/mol. The summed E-state index contributed by atoms with van der Waals surface area (Å²) in [7, 11) is 1.50. The number of carbonyl (C=O) groups excluding carboxylic acids is 1. The second kappa shape index (κ2) is 6.71. The molecule has 3 N–H and O–H groups in total. The van der Waals surface area contributed by atoms with E-state index in [1.165, 1.54) is 19.2 Å². The molecule has 0 heterocycles. The van der Waals surface area contributed by atoms with Gasteiger partial charge in [-0.3, -0.25) is 4.79 Å². The Morgan fingerprint density at radius 3 is 2.52 bits per heavy atom. The van der Waals surface area contributed by atoms with Crippen LogP contribution in [-0.4, -0.2) is 19.6 Å². The summed E-state index contributed by atoms with van der Waals surface area (Å²) in [6.45, 7) is -0.166. The normalized spacial score (nSPS) is 10.0. The average Bonchev–Trinajstić information content (AvgIpc) is 2.50. The fraction of sp³-hybridized carbons (Fsp3) is 0.133. The zero-order valence-electron chi connectivity index (χ0n) is 11.4. The first kappa shape index (κ1) is 14.8. The standard InChI is InChI=1S/C15H15FN2O3/c1-20-13-4-2-3-5-14(13)21-12-7-6-10(8-11(12)16)18-15(19)9-17/h2-8H,9,17H2,1H3,(H,18,19). The highest BCUT2D eigenvalue weighted by Crippen LogP contribution is 2.32. The lowest BCUT2D eigenvalue weighted by Gasteiger charge is -2.11. The Balaban J connectivity index is 2.19. The summed E-state index contributed by atoms with van der Waals surface area (Å²) >= 11 is 0. The predicted octanol–water partition coefficient (Wildman–Crippen LogP) is 2.52. The minimum absolute atomic E-state index is 0.0326. The van der Waals surface area contributed by atoms with Crippen LogP contribution in [-0.2, 0) is 4.79 Å². The van der Waals surface area contributed by atoms with Gasteiger partial charge in [0.05, 0.1) is 13.7 Å². The number of methoxy groups -OCH3 is 1. The maximum atomic E-state index is 14.0. The van der Waals surface area contributed by atoms with Crippen molar-refractivity contribution in [1.29, 1.82) is 0 Å². The van der Waals surface area contributed by atoms with Gasteiger partial charge < -0.3 is 20.5 Å². The second-order valence-electron chi connectivity index (χ2n) is 4.15. The van der Waals surface area contributed by atoms with Crippen molar-refractivity contribution < 1.29 is 18.7 Å². The molecule has 5 nitrogen and oxygen atoms in total. The number of amides is 1.